The van der Waals surface area contributed by atoms with E-state index in [9.17, 15) is 9.59 Å². The second-order valence-corrected chi connectivity index (χ2v) is 6.47. The molecule has 0 N–H and O–H groups in total. The van der Waals surface area contributed by atoms with Gasteiger partial charge >= 0.3 is 0 Å². The molecular weight excluding hydrogens is 274 g/mol. The Hall–Kier alpha value is -1.61. The summed E-state index contributed by atoms with van der Waals surface area (Å²) in [5.74, 6) is 0.600. The van der Waals surface area contributed by atoms with Gasteiger partial charge in [0, 0.05) is 11.4 Å². The van der Waals surface area contributed by atoms with Crippen LogP contribution in [0.4, 0.5) is 5.69 Å². The average molecular weight is 288 g/mol. The number of rotatable bonds is 1. The summed E-state index contributed by atoms with van der Waals surface area (Å²) < 4.78 is 0. The van der Waals surface area contributed by atoms with Gasteiger partial charge in [-0.1, -0.05) is 23.8 Å². The topological polar surface area (TPSA) is 37.4 Å². The van der Waals surface area contributed by atoms with Gasteiger partial charge in [-0.2, -0.15) is 0 Å². The van der Waals surface area contributed by atoms with Gasteiger partial charge in [0.2, 0.25) is 11.8 Å². The molecule has 2 fully saturated rings. The molecule has 4 rings (SSSR count). The van der Waals surface area contributed by atoms with E-state index in [1.807, 2.05) is 0 Å². The Morgan fingerprint density at radius 1 is 1.15 bits per heavy atom. The number of carbonyl (C=O) groups is 2. The molecule has 1 aromatic carbocycles. The number of hydrogen-bond acceptors (Lipinski definition) is 2. The predicted molar refractivity (Wildman–Crippen MR) is 76.3 cm³/mol. The number of fused-ring (bicyclic) bond motifs is 3. The summed E-state index contributed by atoms with van der Waals surface area (Å²) in [6.07, 6.45) is 6.51. The zero-order valence-electron chi connectivity index (χ0n) is 10.9. The Morgan fingerprint density at radius 2 is 1.90 bits per heavy atom. The molecule has 102 valence electrons. The Morgan fingerprint density at radius 3 is 2.50 bits per heavy atom. The van der Waals surface area contributed by atoms with Gasteiger partial charge in [0.05, 0.1) is 11.1 Å². The molecule has 0 unspecified atom stereocenters. The van der Waals surface area contributed by atoms with Gasteiger partial charge in [-0.15, -0.1) is 0 Å². The van der Waals surface area contributed by atoms with Gasteiger partial charge in [0.15, 0.2) is 0 Å². The lowest BCUT2D eigenvalue weighted by molar-refractivity contribution is -0.126. The van der Waals surface area contributed by atoms with Crippen molar-refractivity contribution in [3.8, 4) is 0 Å². The van der Waals surface area contributed by atoms with Crippen molar-refractivity contribution >= 4 is 29.1 Å². The van der Waals surface area contributed by atoms with Crippen LogP contribution in [0.15, 0.2) is 36.4 Å². The first-order chi connectivity index (χ1) is 9.60. The van der Waals surface area contributed by atoms with Crippen molar-refractivity contribution < 1.29 is 9.59 Å². The number of carbonyl (C=O) groups excluding carboxylic acids is 2. The lowest BCUT2D eigenvalue weighted by atomic mass is 9.74. The van der Waals surface area contributed by atoms with E-state index in [-0.39, 0.29) is 17.7 Å². The summed E-state index contributed by atoms with van der Waals surface area (Å²) in [6, 6.07) is 6.90. The monoisotopic (exact) mass is 287 g/mol. The molecule has 20 heavy (non-hydrogen) atoms. The third kappa shape index (κ3) is 1.47. The van der Waals surface area contributed by atoms with Crippen LogP contribution in [0.3, 0.4) is 0 Å². The van der Waals surface area contributed by atoms with Gasteiger partial charge in [0.1, 0.15) is 0 Å². The average Bonchev–Trinajstić information content (AvgIpc) is 3.07. The Labute approximate surface area is 122 Å². The van der Waals surface area contributed by atoms with Gasteiger partial charge < -0.3 is 0 Å². The lowest BCUT2D eigenvalue weighted by Crippen LogP contribution is -2.38. The fourth-order valence-electron chi connectivity index (χ4n) is 4.02. The van der Waals surface area contributed by atoms with Crippen LogP contribution in [0.2, 0.25) is 5.02 Å². The molecule has 2 amide bonds. The maximum absolute atomic E-state index is 12.9. The number of allylic oxidation sites excluding steroid dienone is 2. The number of amides is 2. The molecule has 3 nitrogen and oxygen atoms in total. The zero-order valence-corrected chi connectivity index (χ0v) is 11.6. The molecule has 1 heterocycles. The first-order valence-electron chi connectivity index (χ1n) is 6.91. The molecule has 1 aromatic rings. The van der Waals surface area contributed by atoms with Crippen molar-refractivity contribution in [1.82, 2.24) is 0 Å². The van der Waals surface area contributed by atoms with Gasteiger partial charge in [-0.25, -0.2) is 0 Å². The Kier molecular flexibility index (Phi) is 2.40. The van der Waals surface area contributed by atoms with Crippen molar-refractivity contribution in [2.45, 2.75) is 19.3 Å². The highest BCUT2D eigenvalue weighted by atomic mass is 35.5. The van der Waals surface area contributed by atoms with Crippen LogP contribution in [0, 0.1) is 17.3 Å². The molecule has 3 aliphatic rings. The predicted octanol–water partition coefficient (Wildman–Crippen LogP) is 3.19. The van der Waals surface area contributed by atoms with E-state index in [4.69, 9.17) is 11.6 Å². The van der Waals surface area contributed by atoms with E-state index in [1.54, 1.807) is 24.3 Å². The summed E-state index contributed by atoms with van der Waals surface area (Å²) in [6.45, 7) is 0. The quantitative estimate of drug-likeness (QED) is 0.588. The molecule has 4 heteroatoms. The highest BCUT2D eigenvalue weighted by molar-refractivity contribution is 6.30. The van der Waals surface area contributed by atoms with E-state index >= 15 is 0 Å². The van der Waals surface area contributed by atoms with E-state index in [1.165, 1.54) is 4.90 Å². The van der Waals surface area contributed by atoms with Crippen LogP contribution in [0.5, 0.6) is 0 Å². The summed E-state index contributed by atoms with van der Waals surface area (Å²) in [7, 11) is 0. The van der Waals surface area contributed by atoms with Gasteiger partial charge in [-0.05, 0) is 48.9 Å². The largest absolute Gasteiger partial charge is 0.274 e. The van der Waals surface area contributed by atoms with Crippen LogP contribution >= 0.6 is 11.6 Å². The van der Waals surface area contributed by atoms with Gasteiger partial charge in [-0.3, -0.25) is 14.5 Å². The molecule has 2 aliphatic carbocycles. The minimum absolute atomic E-state index is 0.0262. The minimum atomic E-state index is -0.476. The third-order valence-electron chi connectivity index (χ3n) is 4.94. The number of halogens is 1. The first kappa shape index (κ1) is 12.2. The van der Waals surface area contributed by atoms with E-state index in [2.05, 4.69) is 12.2 Å². The van der Waals surface area contributed by atoms with Crippen LogP contribution in [-0.2, 0) is 9.59 Å². The summed E-state index contributed by atoms with van der Waals surface area (Å²) in [5, 5.41) is 0.602. The van der Waals surface area contributed by atoms with Crippen LogP contribution in [-0.4, -0.2) is 11.8 Å². The summed E-state index contributed by atoms with van der Waals surface area (Å²) in [4.78, 5) is 26.6. The minimum Gasteiger partial charge on any atom is -0.274 e. The first-order valence-corrected chi connectivity index (χ1v) is 7.29. The van der Waals surface area contributed by atoms with Crippen LogP contribution in [0.1, 0.15) is 19.3 Å². The fourth-order valence-corrected chi connectivity index (χ4v) is 4.14. The maximum Gasteiger partial charge on any atom is 0.241 e. The zero-order chi connectivity index (χ0) is 13.9. The standard InChI is InChI=1S/C16H14ClNO2/c17-12-3-5-13(6-4-12)18-14(19)9-16(15(18)20)8-10-1-2-11(16)7-10/h1-6,10-11H,7-9H2/t10-,11-,16+/m0/s1. The van der Waals surface area contributed by atoms with E-state index in [0.29, 0.717) is 23.0 Å². The Bertz CT molecular complexity index is 636. The molecule has 1 saturated carbocycles. The molecule has 3 atom stereocenters. The molecule has 1 spiro atoms. The van der Waals surface area contributed by atoms with Crippen molar-refractivity contribution in [2.75, 3.05) is 4.90 Å². The molecule has 0 aromatic heterocycles. The molecule has 2 bridgehead atoms. The van der Waals surface area contributed by atoms with Crippen LogP contribution < -0.4 is 4.90 Å². The molecular formula is C16H14ClNO2. The Balaban J connectivity index is 1.73. The maximum atomic E-state index is 12.9. The summed E-state index contributed by atoms with van der Waals surface area (Å²) in [5.41, 5.74) is 0.156. The second kappa shape index (κ2) is 3.95. The molecule has 1 aliphatic heterocycles. The highest BCUT2D eigenvalue weighted by Gasteiger charge is 2.60. The van der Waals surface area contributed by atoms with Crippen molar-refractivity contribution in [2.24, 2.45) is 17.3 Å². The molecule has 0 radical (unpaired) electrons. The number of nitrogens with zero attached hydrogens (tertiary/aromatic N) is 1. The van der Waals surface area contributed by atoms with Crippen molar-refractivity contribution in [1.29, 1.82) is 0 Å². The lowest BCUT2D eigenvalue weighted by Gasteiger charge is -2.28. The third-order valence-corrected chi connectivity index (χ3v) is 5.19. The molecule has 1 saturated heterocycles. The summed E-state index contributed by atoms with van der Waals surface area (Å²) >= 11 is 5.87. The number of imide groups is 1. The SMILES string of the molecule is O=C1C[C@@]2(C[C@H]3C=C[C@H]2C3)C(=O)N1c1ccc(Cl)cc1. The number of benzene rings is 1. The number of anilines is 1. The fraction of sp³-hybridized carbons (Fsp3) is 0.375. The van der Waals surface area contributed by atoms with E-state index < -0.39 is 5.41 Å². The van der Waals surface area contributed by atoms with Gasteiger partial charge in [0.25, 0.3) is 0 Å². The normalized spacial score (nSPS) is 34.8. The van der Waals surface area contributed by atoms with Crippen molar-refractivity contribution in [3.05, 3.63) is 41.4 Å². The highest BCUT2D eigenvalue weighted by Crippen LogP contribution is 2.57. The van der Waals surface area contributed by atoms with Crippen molar-refractivity contribution in [3.63, 3.8) is 0 Å². The second-order valence-electron chi connectivity index (χ2n) is 6.03. The smallest absolute Gasteiger partial charge is 0.241 e. The van der Waals surface area contributed by atoms with E-state index in [0.717, 1.165) is 12.8 Å². The number of hydrogen-bond donors (Lipinski definition) is 0. The van der Waals surface area contributed by atoms with Crippen LogP contribution in [0.25, 0.3) is 0 Å².